The van der Waals surface area contributed by atoms with Crippen LogP contribution in [0.3, 0.4) is 0 Å². The normalized spacial score (nSPS) is 14.8. The average molecular weight is 381 g/mol. The first-order chi connectivity index (χ1) is 13.5. The first-order valence-electron chi connectivity index (χ1n) is 9.59. The molecule has 3 rings (SSSR count). The van der Waals surface area contributed by atoms with E-state index in [1.807, 2.05) is 0 Å². The zero-order valence-corrected chi connectivity index (χ0v) is 16.2. The van der Waals surface area contributed by atoms with Gasteiger partial charge in [-0.25, -0.2) is 0 Å². The smallest absolute Gasteiger partial charge is 0.257 e. The molecular formula is C22H27N3O3. The molecule has 3 N–H and O–H groups in total. The molecule has 0 spiro atoms. The second kappa shape index (κ2) is 9.37. The van der Waals surface area contributed by atoms with E-state index < -0.39 is 0 Å². The molecule has 2 aromatic carbocycles. The second-order valence-corrected chi connectivity index (χ2v) is 7.22. The topological polar surface area (TPSA) is 84.7 Å². The lowest BCUT2D eigenvalue weighted by Crippen LogP contribution is -2.45. The summed E-state index contributed by atoms with van der Waals surface area (Å²) in [5, 5.41) is 2.94. The lowest BCUT2D eigenvalue weighted by atomic mass is 9.99. The minimum absolute atomic E-state index is 0.0370. The molecule has 0 saturated carbocycles. The zero-order chi connectivity index (χ0) is 19.9. The van der Waals surface area contributed by atoms with Crippen molar-refractivity contribution in [1.82, 2.24) is 10.2 Å². The fourth-order valence-corrected chi connectivity index (χ4v) is 3.39. The number of nitrogens with one attached hydrogen (secondary N) is 1. The van der Waals surface area contributed by atoms with Crippen molar-refractivity contribution < 1.29 is 14.3 Å². The zero-order valence-electron chi connectivity index (χ0n) is 16.2. The van der Waals surface area contributed by atoms with Crippen LogP contribution in [0.15, 0.2) is 48.5 Å². The van der Waals surface area contributed by atoms with Crippen molar-refractivity contribution in [3.05, 3.63) is 65.2 Å². The van der Waals surface area contributed by atoms with Crippen molar-refractivity contribution in [3.63, 3.8) is 0 Å². The quantitative estimate of drug-likeness (QED) is 0.728. The van der Waals surface area contributed by atoms with Crippen molar-refractivity contribution in [2.45, 2.75) is 32.4 Å². The van der Waals surface area contributed by atoms with Crippen molar-refractivity contribution >= 4 is 11.8 Å². The van der Waals surface area contributed by atoms with E-state index in [4.69, 9.17) is 10.5 Å². The van der Waals surface area contributed by atoms with Crippen LogP contribution >= 0.6 is 0 Å². The summed E-state index contributed by atoms with van der Waals surface area (Å²) in [4.78, 5) is 25.4. The highest BCUT2D eigenvalue weighted by molar-refractivity contribution is 5.77. The highest BCUT2D eigenvalue weighted by atomic mass is 16.5. The minimum atomic E-state index is -0.376. The van der Waals surface area contributed by atoms with E-state index in [2.05, 4.69) is 41.4 Å². The number of amides is 2. The number of hydrogen-bond acceptors (Lipinski definition) is 4. The number of carbonyl (C=O) groups is 2. The fourth-order valence-electron chi connectivity index (χ4n) is 3.39. The molecule has 0 bridgehead atoms. The molecule has 1 aliphatic rings. The van der Waals surface area contributed by atoms with Crippen molar-refractivity contribution in [1.29, 1.82) is 0 Å². The SMILES string of the molecule is C[C@H](CNC(=O)COc1ccc(CC(N)=O)cc1)N1CCc2ccccc2C1. The standard InChI is InChI=1S/C22H27N3O3/c1-16(25-11-10-18-4-2-3-5-19(18)14-25)13-24-22(27)15-28-20-8-6-17(7-9-20)12-21(23)26/h2-9,16H,10-15H2,1H3,(H2,23,26)(H,24,27)/t16-/m1/s1. The maximum atomic E-state index is 12.1. The predicted molar refractivity (Wildman–Crippen MR) is 108 cm³/mol. The molecule has 148 valence electrons. The van der Waals surface area contributed by atoms with E-state index in [1.165, 1.54) is 11.1 Å². The number of benzene rings is 2. The van der Waals surface area contributed by atoms with Gasteiger partial charge in [0.05, 0.1) is 6.42 Å². The van der Waals surface area contributed by atoms with Gasteiger partial charge >= 0.3 is 0 Å². The Balaban J connectivity index is 1.40. The molecule has 28 heavy (non-hydrogen) atoms. The van der Waals surface area contributed by atoms with E-state index in [1.54, 1.807) is 24.3 Å². The Hall–Kier alpha value is -2.86. The number of carbonyl (C=O) groups excluding carboxylic acids is 2. The summed E-state index contributed by atoms with van der Waals surface area (Å²) in [6.07, 6.45) is 1.24. The molecule has 6 nitrogen and oxygen atoms in total. The molecule has 6 heteroatoms. The molecule has 0 aliphatic carbocycles. The summed E-state index contributed by atoms with van der Waals surface area (Å²) in [7, 11) is 0. The van der Waals surface area contributed by atoms with Crippen LogP contribution in [0.1, 0.15) is 23.6 Å². The molecule has 0 unspecified atom stereocenters. The van der Waals surface area contributed by atoms with Crippen molar-refractivity contribution in [2.75, 3.05) is 19.7 Å². The first-order valence-corrected chi connectivity index (χ1v) is 9.59. The summed E-state index contributed by atoms with van der Waals surface area (Å²) >= 11 is 0. The number of ether oxygens (including phenoxy) is 1. The highest BCUT2D eigenvalue weighted by Crippen LogP contribution is 2.20. The van der Waals surface area contributed by atoms with Gasteiger partial charge in [0, 0.05) is 25.7 Å². The van der Waals surface area contributed by atoms with Gasteiger partial charge in [-0.15, -0.1) is 0 Å². The van der Waals surface area contributed by atoms with Crippen molar-refractivity contribution in [3.8, 4) is 5.75 Å². The molecule has 2 aromatic rings. The average Bonchev–Trinajstić information content (AvgIpc) is 2.70. The third-order valence-corrected chi connectivity index (χ3v) is 5.05. The van der Waals surface area contributed by atoms with Gasteiger partial charge in [0.25, 0.3) is 5.91 Å². The number of nitrogens with two attached hydrogens (primary N) is 1. The lowest BCUT2D eigenvalue weighted by molar-refractivity contribution is -0.123. The van der Waals surface area contributed by atoms with Gasteiger partial charge < -0.3 is 15.8 Å². The van der Waals surface area contributed by atoms with E-state index in [-0.39, 0.29) is 30.9 Å². The molecular weight excluding hydrogens is 354 g/mol. The number of primary amides is 1. The number of nitrogens with zero attached hydrogens (tertiary/aromatic N) is 1. The Morgan fingerprint density at radius 3 is 2.57 bits per heavy atom. The lowest BCUT2D eigenvalue weighted by Gasteiger charge is -2.33. The first kappa shape index (κ1) is 19.9. The highest BCUT2D eigenvalue weighted by Gasteiger charge is 2.20. The van der Waals surface area contributed by atoms with Crippen LogP contribution in [0.25, 0.3) is 0 Å². The summed E-state index contributed by atoms with van der Waals surface area (Å²) in [5.41, 5.74) is 8.78. The molecule has 2 amide bonds. The van der Waals surface area contributed by atoms with Gasteiger partial charge in [0.2, 0.25) is 5.91 Å². The van der Waals surface area contributed by atoms with E-state index in [9.17, 15) is 9.59 Å². The molecule has 1 atom stereocenters. The third kappa shape index (κ3) is 5.57. The van der Waals surface area contributed by atoms with Crippen LogP contribution in [-0.2, 0) is 29.0 Å². The maximum absolute atomic E-state index is 12.1. The van der Waals surface area contributed by atoms with Gasteiger partial charge in [-0.1, -0.05) is 36.4 Å². The molecule has 0 radical (unpaired) electrons. The largest absolute Gasteiger partial charge is 0.484 e. The summed E-state index contributed by atoms with van der Waals surface area (Å²) < 4.78 is 5.51. The summed E-state index contributed by atoms with van der Waals surface area (Å²) in [6, 6.07) is 15.8. The summed E-state index contributed by atoms with van der Waals surface area (Å²) in [5.74, 6) is 0.0638. The van der Waals surface area contributed by atoms with Crippen LogP contribution in [0, 0.1) is 0 Å². The minimum Gasteiger partial charge on any atom is -0.484 e. The summed E-state index contributed by atoms with van der Waals surface area (Å²) in [6.45, 7) is 4.60. The van der Waals surface area contributed by atoms with Gasteiger partial charge in [0.1, 0.15) is 5.75 Å². The molecule has 1 heterocycles. The molecule has 0 saturated heterocycles. The Labute approximate surface area is 165 Å². The van der Waals surface area contributed by atoms with Crippen LogP contribution in [0.2, 0.25) is 0 Å². The third-order valence-electron chi connectivity index (χ3n) is 5.05. The number of fused-ring (bicyclic) bond motifs is 1. The van der Waals surface area contributed by atoms with Gasteiger partial charge in [-0.3, -0.25) is 14.5 Å². The van der Waals surface area contributed by atoms with Gasteiger partial charge in [-0.05, 0) is 42.2 Å². The second-order valence-electron chi connectivity index (χ2n) is 7.22. The Bertz CT molecular complexity index is 820. The van der Waals surface area contributed by atoms with E-state index in [0.717, 1.165) is 25.1 Å². The van der Waals surface area contributed by atoms with E-state index in [0.29, 0.717) is 12.3 Å². The Kier molecular flexibility index (Phi) is 6.66. The van der Waals surface area contributed by atoms with Crippen LogP contribution < -0.4 is 15.8 Å². The number of rotatable bonds is 8. The predicted octanol–water partition coefficient (Wildman–Crippen LogP) is 1.66. The van der Waals surface area contributed by atoms with Crippen LogP contribution in [0.4, 0.5) is 0 Å². The van der Waals surface area contributed by atoms with E-state index >= 15 is 0 Å². The molecule has 1 aliphatic heterocycles. The van der Waals surface area contributed by atoms with Gasteiger partial charge in [-0.2, -0.15) is 0 Å². The monoisotopic (exact) mass is 381 g/mol. The Morgan fingerprint density at radius 1 is 1.14 bits per heavy atom. The Morgan fingerprint density at radius 2 is 1.86 bits per heavy atom. The fraction of sp³-hybridized carbons (Fsp3) is 0.364. The van der Waals surface area contributed by atoms with Crippen LogP contribution in [-0.4, -0.2) is 42.5 Å². The number of hydrogen-bond donors (Lipinski definition) is 2. The molecule has 0 aromatic heterocycles. The van der Waals surface area contributed by atoms with Crippen molar-refractivity contribution in [2.24, 2.45) is 5.73 Å². The molecule has 0 fully saturated rings. The van der Waals surface area contributed by atoms with Gasteiger partial charge in [0.15, 0.2) is 6.61 Å². The maximum Gasteiger partial charge on any atom is 0.257 e. The van der Waals surface area contributed by atoms with Crippen LogP contribution in [0.5, 0.6) is 5.75 Å².